The van der Waals surface area contributed by atoms with Crippen LogP contribution in [0.15, 0.2) is 18.7 Å². The molecule has 0 spiro atoms. The molecule has 15 heavy (non-hydrogen) atoms. The number of carboxylic acid groups (broad SMARTS) is 1. The van der Waals surface area contributed by atoms with Gasteiger partial charge in [-0.2, -0.15) is 0 Å². The first-order valence-electron chi connectivity index (χ1n) is 4.37. The summed E-state index contributed by atoms with van der Waals surface area (Å²) >= 11 is 11.6. The van der Waals surface area contributed by atoms with Crippen LogP contribution in [0.3, 0.4) is 0 Å². The number of hydrogen-bond acceptors (Lipinski definition) is 1. The fraction of sp³-hybridized carbons (Fsp3) is 0.182. The van der Waals surface area contributed by atoms with Crippen LogP contribution in [0.4, 0.5) is 0 Å². The Kier molecular flexibility index (Phi) is 3.77. The molecule has 0 fully saturated rings. The lowest BCUT2D eigenvalue weighted by molar-refractivity contribution is 0.0696. The standard InChI is InChI=1S/C11H10Cl2O2/c1-3-6(2)7-4-9(12)10(13)5-8(7)11(14)15/h4-5H,2-3H2,1H3,(H,14,15). The molecule has 0 heterocycles. The molecule has 1 aromatic carbocycles. The van der Waals surface area contributed by atoms with E-state index in [1.54, 1.807) is 6.07 Å². The van der Waals surface area contributed by atoms with Crippen molar-refractivity contribution in [3.8, 4) is 0 Å². The lowest BCUT2D eigenvalue weighted by Crippen LogP contribution is -2.01. The molecule has 0 bridgehead atoms. The molecule has 1 aromatic rings. The minimum absolute atomic E-state index is 0.135. The maximum Gasteiger partial charge on any atom is 0.336 e. The summed E-state index contributed by atoms with van der Waals surface area (Å²) in [6.07, 6.45) is 0.665. The predicted molar refractivity (Wildman–Crippen MR) is 62.7 cm³/mol. The SMILES string of the molecule is C=C(CC)c1cc(Cl)c(Cl)cc1C(=O)O. The number of halogens is 2. The maximum atomic E-state index is 11.0. The Labute approximate surface area is 98.1 Å². The van der Waals surface area contributed by atoms with Crippen LogP contribution < -0.4 is 0 Å². The van der Waals surface area contributed by atoms with Gasteiger partial charge in [-0.05, 0) is 29.7 Å². The van der Waals surface area contributed by atoms with Crippen molar-refractivity contribution in [1.29, 1.82) is 0 Å². The molecule has 80 valence electrons. The molecule has 0 atom stereocenters. The zero-order chi connectivity index (χ0) is 11.6. The Morgan fingerprint density at radius 3 is 2.20 bits per heavy atom. The third-order valence-electron chi connectivity index (χ3n) is 2.10. The van der Waals surface area contributed by atoms with E-state index in [4.69, 9.17) is 28.3 Å². The third kappa shape index (κ3) is 2.52. The van der Waals surface area contributed by atoms with Crippen molar-refractivity contribution < 1.29 is 9.90 Å². The summed E-state index contributed by atoms with van der Waals surface area (Å²) in [5, 5.41) is 9.56. The van der Waals surface area contributed by atoms with Crippen LogP contribution in [-0.4, -0.2) is 11.1 Å². The van der Waals surface area contributed by atoms with E-state index in [2.05, 4.69) is 6.58 Å². The molecule has 1 rings (SSSR count). The summed E-state index contributed by atoms with van der Waals surface area (Å²) in [6.45, 7) is 5.69. The van der Waals surface area contributed by atoms with E-state index in [1.165, 1.54) is 6.07 Å². The molecule has 0 unspecified atom stereocenters. The van der Waals surface area contributed by atoms with Gasteiger partial charge in [-0.25, -0.2) is 4.79 Å². The predicted octanol–water partition coefficient (Wildman–Crippen LogP) is 4.11. The van der Waals surface area contributed by atoms with E-state index < -0.39 is 5.97 Å². The second-order valence-electron chi connectivity index (χ2n) is 3.07. The second kappa shape index (κ2) is 4.69. The number of aromatic carboxylic acids is 1. The van der Waals surface area contributed by atoms with Crippen molar-refractivity contribution in [2.24, 2.45) is 0 Å². The molecule has 0 amide bonds. The highest BCUT2D eigenvalue weighted by Gasteiger charge is 2.14. The molecule has 0 aliphatic heterocycles. The van der Waals surface area contributed by atoms with Crippen LogP contribution in [0.2, 0.25) is 10.0 Å². The van der Waals surface area contributed by atoms with Gasteiger partial charge in [0.25, 0.3) is 0 Å². The first-order valence-corrected chi connectivity index (χ1v) is 5.13. The number of benzene rings is 1. The number of allylic oxidation sites excluding steroid dienone is 1. The molecule has 0 saturated carbocycles. The summed E-state index contributed by atoms with van der Waals surface area (Å²) in [5.41, 5.74) is 1.40. The van der Waals surface area contributed by atoms with Crippen molar-refractivity contribution in [2.75, 3.05) is 0 Å². The van der Waals surface area contributed by atoms with Crippen LogP contribution in [0, 0.1) is 0 Å². The van der Waals surface area contributed by atoms with Crippen LogP contribution in [0.25, 0.3) is 5.57 Å². The summed E-state index contributed by atoms with van der Waals surface area (Å²) in [4.78, 5) is 11.0. The Balaban J connectivity index is 3.41. The van der Waals surface area contributed by atoms with Gasteiger partial charge < -0.3 is 5.11 Å². The molecule has 4 heteroatoms. The molecular weight excluding hydrogens is 235 g/mol. The highest BCUT2D eigenvalue weighted by Crippen LogP contribution is 2.30. The minimum atomic E-state index is -1.03. The van der Waals surface area contributed by atoms with Crippen molar-refractivity contribution in [2.45, 2.75) is 13.3 Å². The van der Waals surface area contributed by atoms with E-state index in [-0.39, 0.29) is 10.6 Å². The Morgan fingerprint density at radius 2 is 1.80 bits per heavy atom. The second-order valence-corrected chi connectivity index (χ2v) is 3.89. The van der Waals surface area contributed by atoms with Gasteiger partial charge in [-0.1, -0.05) is 36.7 Å². The van der Waals surface area contributed by atoms with Crippen LogP contribution in [0.1, 0.15) is 29.3 Å². The van der Waals surface area contributed by atoms with E-state index in [0.717, 1.165) is 5.57 Å². The minimum Gasteiger partial charge on any atom is -0.478 e. The molecule has 0 aliphatic carbocycles. The van der Waals surface area contributed by atoms with Crippen molar-refractivity contribution in [1.82, 2.24) is 0 Å². The van der Waals surface area contributed by atoms with E-state index in [1.807, 2.05) is 6.92 Å². The van der Waals surface area contributed by atoms with Gasteiger partial charge >= 0.3 is 5.97 Å². The third-order valence-corrected chi connectivity index (χ3v) is 2.82. The van der Waals surface area contributed by atoms with Crippen molar-refractivity contribution in [3.05, 3.63) is 39.9 Å². The van der Waals surface area contributed by atoms with E-state index >= 15 is 0 Å². The Hall–Kier alpha value is -0.990. The number of rotatable bonds is 3. The molecular formula is C11H10Cl2O2. The van der Waals surface area contributed by atoms with Crippen molar-refractivity contribution in [3.63, 3.8) is 0 Å². The number of carbonyl (C=O) groups is 1. The zero-order valence-corrected chi connectivity index (χ0v) is 9.69. The normalized spacial score (nSPS) is 10.1. The summed E-state index contributed by atoms with van der Waals surface area (Å²) < 4.78 is 0. The average Bonchev–Trinajstić information content (AvgIpc) is 2.20. The van der Waals surface area contributed by atoms with Crippen LogP contribution in [0.5, 0.6) is 0 Å². The monoisotopic (exact) mass is 244 g/mol. The van der Waals surface area contributed by atoms with E-state index in [9.17, 15) is 4.79 Å². The molecule has 0 aliphatic rings. The number of carboxylic acids is 1. The quantitative estimate of drug-likeness (QED) is 0.869. The molecule has 0 aromatic heterocycles. The van der Waals surface area contributed by atoms with Crippen molar-refractivity contribution >= 4 is 34.7 Å². The smallest absolute Gasteiger partial charge is 0.336 e. The lowest BCUT2D eigenvalue weighted by atomic mass is 9.99. The first kappa shape index (κ1) is 12.1. The Bertz CT molecular complexity index is 425. The van der Waals surface area contributed by atoms with E-state index in [0.29, 0.717) is 17.0 Å². The lowest BCUT2D eigenvalue weighted by Gasteiger charge is -2.09. The van der Waals surface area contributed by atoms with Gasteiger partial charge in [0.1, 0.15) is 0 Å². The number of hydrogen-bond donors (Lipinski definition) is 1. The van der Waals surface area contributed by atoms with Crippen LogP contribution in [-0.2, 0) is 0 Å². The topological polar surface area (TPSA) is 37.3 Å². The first-order chi connectivity index (χ1) is 6.97. The maximum absolute atomic E-state index is 11.0. The molecule has 0 saturated heterocycles. The summed E-state index contributed by atoms with van der Waals surface area (Å²) in [7, 11) is 0. The van der Waals surface area contributed by atoms with Gasteiger partial charge in [-0.15, -0.1) is 0 Å². The molecule has 1 N–H and O–H groups in total. The van der Waals surface area contributed by atoms with Gasteiger partial charge in [-0.3, -0.25) is 0 Å². The van der Waals surface area contributed by atoms with Crippen LogP contribution >= 0.6 is 23.2 Å². The van der Waals surface area contributed by atoms with Gasteiger partial charge in [0.2, 0.25) is 0 Å². The van der Waals surface area contributed by atoms with Gasteiger partial charge in [0.05, 0.1) is 15.6 Å². The Morgan fingerprint density at radius 1 is 1.33 bits per heavy atom. The fourth-order valence-electron chi connectivity index (χ4n) is 1.21. The fourth-order valence-corrected chi connectivity index (χ4v) is 1.53. The average molecular weight is 245 g/mol. The zero-order valence-electron chi connectivity index (χ0n) is 8.18. The highest BCUT2D eigenvalue weighted by molar-refractivity contribution is 6.42. The summed E-state index contributed by atoms with van der Waals surface area (Å²) in [5.74, 6) is -1.03. The summed E-state index contributed by atoms with van der Waals surface area (Å²) in [6, 6.07) is 2.89. The highest BCUT2D eigenvalue weighted by atomic mass is 35.5. The van der Waals surface area contributed by atoms with Gasteiger partial charge in [0.15, 0.2) is 0 Å². The molecule has 2 nitrogen and oxygen atoms in total. The largest absolute Gasteiger partial charge is 0.478 e. The molecule has 0 radical (unpaired) electrons. The van der Waals surface area contributed by atoms with Gasteiger partial charge in [0, 0.05) is 0 Å².